The first kappa shape index (κ1) is 16.8. The maximum Gasteiger partial charge on any atom is 0.127 e. The highest BCUT2D eigenvalue weighted by Crippen LogP contribution is 2.26. The first-order valence-corrected chi connectivity index (χ1v) is 7.84. The van der Waals surface area contributed by atoms with Crippen LogP contribution in [0.3, 0.4) is 0 Å². The minimum Gasteiger partial charge on any atom is -0.493 e. The van der Waals surface area contributed by atoms with Gasteiger partial charge < -0.3 is 14.8 Å². The van der Waals surface area contributed by atoms with Gasteiger partial charge in [-0.15, -0.1) is 0 Å². The Kier molecular flexibility index (Phi) is 8.12. The Labute approximate surface area is 123 Å². The molecular weight excluding hydrogens is 250 g/mol. The fraction of sp³-hybridized carbons (Fsp3) is 0.647. The minimum absolute atomic E-state index is 0.223. The fourth-order valence-corrected chi connectivity index (χ4v) is 1.80. The molecule has 3 heteroatoms. The second-order valence-corrected chi connectivity index (χ2v) is 5.13. The van der Waals surface area contributed by atoms with E-state index in [9.17, 15) is 0 Å². The van der Waals surface area contributed by atoms with E-state index in [1.54, 1.807) is 0 Å². The van der Waals surface area contributed by atoms with E-state index in [-0.39, 0.29) is 6.10 Å². The van der Waals surface area contributed by atoms with Crippen molar-refractivity contribution in [2.45, 2.75) is 59.6 Å². The summed E-state index contributed by atoms with van der Waals surface area (Å²) in [6.45, 7) is 11.1. The highest BCUT2D eigenvalue weighted by molar-refractivity contribution is 5.41. The summed E-state index contributed by atoms with van der Waals surface area (Å²) < 4.78 is 11.7. The zero-order valence-corrected chi connectivity index (χ0v) is 13.4. The van der Waals surface area contributed by atoms with Crippen molar-refractivity contribution in [3.8, 4) is 11.5 Å². The molecule has 1 aromatic rings. The third-order valence-corrected chi connectivity index (χ3v) is 3.16. The van der Waals surface area contributed by atoms with E-state index in [1.807, 2.05) is 12.1 Å². The molecule has 0 bridgehead atoms. The van der Waals surface area contributed by atoms with Crippen molar-refractivity contribution in [1.82, 2.24) is 5.32 Å². The first-order chi connectivity index (χ1) is 9.71. The molecule has 0 saturated carbocycles. The van der Waals surface area contributed by atoms with Gasteiger partial charge in [0.25, 0.3) is 0 Å². The van der Waals surface area contributed by atoms with Crippen LogP contribution < -0.4 is 14.8 Å². The SMILES string of the molecule is CCCNCc1ccc(OCCC)cc1OC(C)CC. The van der Waals surface area contributed by atoms with Gasteiger partial charge in [0.1, 0.15) is 11.5 Å². The minimum atomic E-state index is 0.223. The van der Waals surface area contributed by atoms with Gasteiger partial charge in [0.15, 0.2) is 0 Å². The number of nitrogens with one attached hydrogen (secondary N) is 1. The Morgan fingerprint density at radius 2 is 1.95 bits per heavy atom. The largest absolute Gasteiger partial charge is 0.493 e. The molecule has 1 atom stereocenters. The lowest BCUT2D eigenvalue weighted by atomic mass is 10.1. The lowest BCUT2D eigenvalue weighted by Gasteiger charge is -2.18. The quantitative estimate of drug-likeness (QED) is 0.653. The Morgan fingerprint density at radius 3 is 2.60 bits per heavy atom. The first-order valence-electron chi connectivity index (χ1n) is 7.84. The molecule has 0 aliphatic carbocycles. The molecule has 0 saturated heterocycles. The molecule has 1 rings (SSSR count). The van der Waals surface area contributed by atoms with Crippen LogP contribution in [-0.4, -0.2) is 19.3 Å². The van der Waals surface area contributed by atoms with Crippen molar-refractivity contribution < 1.29 is 9.47 Å². The zero-order chi connectivity index (χ0) is 14.8. The molecule has 1 unspecified atom stereocenters. The molecule has 114 valence electrons. The Morgan fingerprint density at radius 1 is 1.15 bits per heavy atom. The molecule has 0 radical (unpaired) electrons. The molecule has 0 aliphatic rings. The lowest BCUT2D eigenvalue weighted by molar-refractivity contribution is 0.213. The van der Waals surface area contributed by atoms with Crippen LogP contribution in [-0.2, 0) is 6.54 Å². The third kappa shape index (κ3) is 5.83. The molecule has 0 aromatic heterocycles. The lowest BCUT2D eigenvalue weighted by Crippen LogP contribution is -2.17. The van der Waals surface area contributed by atoms with Gasteiger partial charge in [0, 0.05) is 18.2 Å². The van der Waals surface area contributed by atoms with Gasteiger partial charge in [-0.2, -0.15) is 0 Å². The number of rotatable bonds is 10. The normalized spacial score (nSPS) is 12.2. The summed E-state index contributed by atoms with van der Waals surface area (Å²) in [6, 6.07) is 6.15. The molecule has 1 N–H and O–H groups in total. The molecular formula is C17H29NO2. The predicted molar refractivity (Wildman–Crippen MR) is 84.6 cm³/mol. The number of benzene rings is 1. The number of ether oxygens (including phenoxy) is 2. The van der Waals surface area contributed by atoms with Gasteiger partial charge in [-0.1, -0.05) is 26.8 Å². The van der Waals surface area contributed by atoms with Crippen molar-refractivity contribution >= 4 is 0 Å². The van der Waals surface area contributed by atoms with Crippen molar-refractivity contribution in [2.24, 2.45) is 0 Å². The average molecular weight is 279 g/mol. The maximum atomic E-state index is 6.03. The van der Waals surface area contributed by atoms with Crippen LogP contribution in [0.15, 0.2) is 18.2 Å². The van der Waals surface area contributed by atoms with Crippen LogP contribution in [0.1, 0.15) is 52.5 Å². The van der Waals surface area contributed by atoms with Crippen LogP contribution in [0.2, 0.25) is 0 Å². The fourth-order valence-electron chi connectivity index (χ4n) is 1.80. The van der Waals surface area contributed by atoms with Gasteiger partial charge in [-0.05, 0) is 38.8 Å². The highest BCUT2D eigenvalue weighted by atomic mass is 16.5. The van der Waals surface area contributed by atoms with Gasteiger partial charge >= 0.3 is 0 Å². The Hall–Kier alpha value is -1.22. The summed E-state index contributed by atoms with van der Waals surface area (Å²) in [5.74, 6) is 1.83. The van der Waals surface area contributed by atoms with Gasteiger partial charge in [0.2, 0.25) is 0 Å². The Bertz CT molecular complexity index is 379. The summed E-state index contributed by atoms with van der Waals surface area (Å²) in [4.78, 5) is 0. The average Bonchev–Trinajstić information content (AvgIpc) is 2.47. The molecule has 0 fully saturated rings. The van der Waals surface area contributed by atoms with E-state index < -0.39 is 0 Å². The van der Waals surface area contributed by atoms with Crippen LogP contribution in [0.4, 0.5) is 0 Å². The topological polar surface area (TPSA) is 30.5 Å². The van der Waals surface area contributed by atoms with Crippen molar-refractivity contribution in [2.75, 3.05) is 13.2 Å². The maximum absolute atomic E-state index is 6.03. The van der Waals surface area contributed by atoms with E-state index in [4.69, 9.17) is 9.47 Å². The summed E-state index contributed by atoms with van der Waals surface area (Å²) in [5.41, 5.74) is 1.20. The number of hydrogen-bond donors (Lipinski definition) is 1. The van der Waals surface area contributed by atoms with Crippen LogP contribution in [0.25, 0.3) is 0 Å². The van der Waals surface area contributed by atoms with Crippen LogP contribution in [0, 0.1) is 0 Å². The van der Waals surface area contributed by atoms with Crippen molar-refractivity contribution in [3.63, 3.8) is 0 Å². The molecule has 3 nitrogen and oxygen atoms in total. The van der Waals surface area contributed by atoms with Gasteiger partial charge in [-0.25, -0.2) is 0 Å². The van der Waals surface area contributed by atoms with Gasteiger partial charge in [0.05, 0.1) is 12.7 Å². The molecule has 0 spiro atoms. The Balaban J connectivity index is 2.79. The second-order valence-electron chi connectivity index (χ2n) is 5.13. The summed E-state index contributed by atoms with van der Waals surface area (Å²) in [5, 5.41) is 3.42. The monoisotopic (exact) mass is 279 g/mol. The predicted octanol–water partition coefficient (Wildman–Crippen LogP) is 4.15. The van der Waals surface area contributed by atoms with E-state index in [0.717, 1.165) is 50.5 Å². The van der Waals surface area contributed by atoms with Gasteiger partial charge in [-0.3, -0.25) is 0 Å². The third-order valence-electron chi connectivity index (χ3n) is 3.16. The standard InChI is InChI=1S/C17H29NO2/c1-5-10-18-13-15-8-9-16(19-11-6-2)12-17(15)20-14(4)7-3/h8-9,12,14,18H,5-7,10-11,13H2,1-4H3. The smallest absolute Gasteiger partial charge is 0.127 e. The van der Waals surface area contributed by atoms with E-state index in [0.29, 0.717) is 0 Å². The highest BCUT2D eigenvalue weighted by Gasteiger charge is 2.09. The van der Waals surface area contributed by atoms with Crippen LogP contribution >= 0.6 is 0 Å². The van der Waals surface area contributed by atoms with E-state index in [1.165, 1.54) is 5.56 Å². The number of hydrogen-bond acceptors (Lipinski definition) is 3. The van der Waals surface area contributed by atoms with Crippen molar-refractivity contribution in [1.29, 1.82) is 0 Å². The second kappa shape index (κ2) is 9.65. The summed E-state index contributed by atoms with van der Waals surface area (Å²) >= 11 is 0. The van der Waals surface area contributed by atoms with Crippen LogP contribution in [0.5, 0.6) is 11.5 Å². The summed E-state index contributed by atoms with van der Waals surface area (Å²) in [6.07, 6.45) is 3.38. The van der Waals surface area contributed by atoms with E-state index >= 15 is 0 Å². The van der Waals surface area contributed by atoms with Crippen molar-refractivity contribution in [3.05, 3.63) is 23.8 Å². The van der Waals surface area contributed by atoms with E-state index in [2.05, 4.69) is 39.1 Å². The molecule has 1 aromatic carbocycles. The molecule has 0 aliphatic heterocycles. The zero-order valence-electron chi connectivity index (χ0n) is 13.4. The molecule has 0 amide bonds. The summed E-state index contributed by atoms with van der Waals surface area (Å²) in [7, 11) is 0. The molecule has 0 heterocycles. The molecule has 20 heavy (non-hydrogen) atoms.